The van der Waals surface area contributed by atoms with Gasteiger partial charge in [0, 0.05) is 5.56 Å². The number of hydrogen-bond acceptors (Lipinski definition) is 4. The van der Waals surface area contributed by atoms with Crippen LogP contribution in [0.3, 0.4) is 0 Å². The Hall–Kier alpha value is -2.38. The van der Waals surface area contributed by atoms with Gasteiger partial charge in [0.2, 0.25) is 0 Å². The van der Waals surface area contributed by atoms with E-state index in [-0.39, 0.29) is 0 Å². The summed E-state index contributed by atoms with van der Waals surface area (Å²) in [6.07, 6.45) is 0. The number of nitrogens with one attached hydrogen (secondary N) is 1. The lowest BCUT2D eigenvalue weighted by molar-refractivity contribution is 1.21. The molecule has 0 aliphatic heterocycles. The van der Waals surface area contributed by atoms with Gasteiger partial charge in [0.25, 0.3) is 0 Å². The molecule has 0 amide bonds. The Kier molecular flexibility index (Phi) is 3.26. The average Bonchev–Trinajstić information content (AvgIpc) is 2.40. The summed E-state index contributed by atoms with van der Waals surface area (Å²) in [6, 6.07) is 11.8. The minimum Gasteiger partial charge on any atom is -0.307 e. The lowest BCUT2D eigenvalue weighted by Gasteiger charge is -2.09. The van der Waals surface area contributed by atoms with Crippen molar-refractivity contribution in [2.45, 2.75) is 13.8 Å². The molecule has 0 saturated carbocycles. The van der Waals surface area contributed by atoms with Crippen LogP contribution >= 0.6 is 0 Å². The van der Waals surface area contributed by atoms with Gasteiger partial charge in [0.05, 0.1) is 11.3 Å². The molecule has 4 nitrogen and oxygen atoms in total. The Morgan fingerprint density at radius 3 is 2.67 bits per heavy atom. The molecule has 4 heteroatoms. The standard InChI is InChI=1S/C14H14N4/c1-9-3-4-10(2)12(7-9)13-6-5-11(8-15)14(17-13)18-16/h3-7H,16H2,1-2H3,(H,17,18). The molecule has 0 spiro atoms. The summed E-state index contributed by atoms with van der Waals surface area (Å²) in [5.41, 5.74) is 7.06. The molecule has 0 radical (unpaired) electrons. The highest BCUT2D eigenvalue weighted by atomic mass is 15.2. The van der Waals surface area contributed by atoms with Crippen molar-refractivity contribution in [2.24, 2.45) is 5.84 Å². The average molecular weight is 238 g/mol. The molecule has 0 aliphatic rings. The molecule has 1 aromatic carbocycles. The van der Waals surface area contributed by atoms with Crippen LogP contribution < -0.4 is 11.3 Å². The molecule has 1 heterocycles. The number of hydrazine groups is 1. The monoisotopic (exact) mass is 238 g/mol. The van der Waals surface area contributed by atoms with Gasteiger partial charge in [-0.25, -0.2) is 10.8 Å². The number of nitriles is 1. The van der Waals surface area contributed by atoms with Crippen LogP contribution in [-0.4, -0.2) is 4.98 Å². The molecular weight excluding hydrogens is 224 g/mol. The maximum Gasteiger partial charge on any atom is 0.158 e. The molecule has 3 N–H and O–H groups in total. The first-order chi connectivity index (χ1) is 8.65. The molecule has 2 rings (SSSR count). The minimum atomic E-state index is 0.399. The number of nitrogens with zero attached hydrogens (tertiary/aromatic N) is 2. The molecule has 0 aliphatic carbocycles. The molecule has 0 atom stereocenters. The van der Waals surface area contributed by atoms with Crippen LogP contribution in [0.4, 0.5) is 5.82 Å². The van der Waals surface area contributed by atoms with Gasteiger partial charge in [0.15, 0.2) is 5.82 Å². The molecule has 2 aromatic rings. The zero-order valence-electron chi connectivity index (χ0n) is 10.4. The van der Waals surface area contributed by atoms with Crippen molar-refractivity contribution in [1.29, 1.82) is 5.26 Å². The van der Waals surface area contributed by atoms with E-state index < -0.39 is 0 Å². The minimum absolute atomic E-state index is 0.399. The largest absolute Gasteiger partial charge is 0.307 e. The first kappa shape index (κ1) is 12.1. The van der Waals surface area contributed by atoms with Crippen LogP contribution in [0.1, 0.15) is 16.7 Å². The zero-order valence-corrected chi connectivity index (χ0v) is 10.4. The maximum atomic E-state index is 8.92. The fraction of sp³-hybridized carbons (Fsp3) is 0.143. The number of pyridine rings is 1. The van der Waals surface area contributed by atoms with E-state index in [1.807, 2.05) is 26.0 Å². The highest BCUT2D eigenvalue weighted by molar-refractivity contribution is 5.68. The Morgan fingerprint density at radius 1 is 1.22 bits per heavy atom. The second-order valence-corrected chi connectivity index (χ2v) is 4.17. The fourth-order valence-electron chi connectivity index (χ4n) is 1.82. The van der Waals surface area contributed by atoms with E-state index in [9.17, 15) is 0 Å². The third kappa shape index (κ3) is 2.17. The number of aryl methyl sites for hydroxylation is 2. The third-order valence-electron chi connectivity index (χ3n) is 2.82. The Morgan fingerprint density at radius 2 is 2.00 bits per heavy atom. The molecule has 0 bridgehead atoms. The van der Waals surface area contributed by atoms with Crippen molar-refractivity contribution in [3.05, 3.63) is 47.0 Å². The number of hydrogen-bond donors (Lipinski definition) is 2. The summed E-state index contributed by atoms with van der Waals surface area (Å²) < 4.78 is 0. The van der Waals surface area contributed by atoms with Gasteiger partial charge < -0.3 is 5.43 Å². The highest BCUT2D eigenvalue weighted by Gasteiger charge is 2.08. The smallest absolute Gasteiger partial charge is 0.158 e. The normalized spacial score (nSPS) is 9.89. The van der Waals surface area contributed by atoms with Crippen molar-refractivity contribution in [1.82, 2.24) is 4.98 Å². The van der Waals surface area contributed by atoms with Gasteiger partial charge in [-0.1, -0.05) is 17.7 Å². The first-order valence-electron chi connectivity index (χ1n) is 5.61. The van der Waals surface area contributed by atoms with E-state index in [0.717, 1.165) is 16.8 Å². The number of aromatic nitrogens is 1. The van der Waals surface area contributed by atoms with E-state index >= 15 is 0 Å². The predicted molar refractivity (Wildman–Crippen MR) is 71.7 cm³/mol. The van der Waals surface area contributed by atoms with Crippen LogP contribution in [0.15, 0.2) is 30.3 Å². The Bertz CT molecular complexity index is 626. The van der Waals surface area contributed by atoms with Crippen molar-refractivity contribution in [3.8, 4) is 17.3 Å². The Labute approximate surface area is 106 Å². The number of anilines is 1. The van der Waals surface area contributed by atoms with E-state index in [2.05, 4.69) is 28.6 Å². The van der Waals surface area contributed by atoms with Crippen molar-refractivity contribution >= 4 is 5.82 Å². The highest BCUT2D eigenvalue weighted by Crippen LogP contribution is 2.25. The van der Waals surface area contributed by atoms with E-state index in [1.165, 1.54) is 5.56 Å². The zero-order chi connectivity index (χ0) is 13.1. The van der Waals surface area contributed by atoms with Gasteiger partial charge in [-0.15, -0.1) is 0 Å². The van der Waals surface area contributed by atoms with Gasteiger partial charge in [-0.2, -0.15) is 5.26 Å². The summed E-state index contributed by atoms with van der Waals surface area (Å²) in [7, 11) is 0. The fourth-order valence-corrected chi connectivity index (χ4v) is 1.82. The summed E-state index contributed by atoms with van der Waals surface area (Å²) in [5, 5.41) is 8.92. The van der Waals surface area contributed by atoms with Crippen molar-refractivity contribution < 1.29 is 0 Å². The van der Waals surface area contributed by atoms with Crippen LogP contribution in [-0.2, 0) is 0 Å². The number of nitrogen functional groups attached to an aromatic ring is 1. The quantitative estimate of drug-likeness (QED) is 0.622. The summed E-state index contributed by atoms with van der Waals surface area (Å²) >= 11 is 0. The number of rotatable bonds is 2. The summed E-state index contributed by atoms with van der Waals surface area (Å²) in [5.74, 6) is 5.78. The Balaban J connectivity index is 2.58. The summed E-state index contributed by atoms with van der Waals surface area (Å²) in [4.78, 5) is 4.38. The van der Waals surface area contributed by atoms with Crippen LogP contribution in [0.2, 0.25) is 0 Å². The first-order valence-corrected chi connectivity index (χ1v) is 5.61. The van der Waals surface area contributed by atoms with E-state index in [1.54, 1.807) is 6.07 Å². The van der Waals surface area contributed by atoms with Crippen LogP contribution in [0.5, 0.6) is 0 Å². The van der Waals surface area contributed by atoms with Crippen LogP contribution in [0, 0.1) is 25.2 Å². The van der Waals surface area contributed by atoms with Crippen molar-refractivity contribution in [3.63, 3.8) is 0 Å². The molecule has 1 aromatic heterocycles. The van der Waals surface area contributed by atoms with Gasteiger partial charge in [0.1, 0.15) is 6.07 Å². The SMILES string of the molecule is Cc1ccc(C)c(-c2ccc(C#N)c(NN)n2)c1. The van der Waals surface area contributed by atoms with E-state index in [4.69, 9.17) is 11.1 Å². The second kappa shape index (κ2) is 4.86. The maximum absolute atomic E-state index is 8.92. The van der Waals surface area contributed by atoms with Gasteiger partial charge in [-0.3, -0.25) is 0 Å². The van der Waals surface area contributed by atoms with Crippen molar-refractivity contribution in [2.75, 3.05) is 5.43 Å². The topological polar surface area (TPSA) is 74.7 Å². The molecule has 0 unspecified atom stereocenters. The molecule has 18 heavy (non-hydrogen) atoms. The number of nitrogens with two attached hydrogens (primary N) is 1. The van der Waals surface area contributed by atoms with Gasteiger partial charge in [-0.05, 0) is 37.6 Å². The lowest BCUT2D eigenvalue weighted by atomic mass is 10.0. The van der Waals surface area contributed by atoms with Gasteiger partial charge >= 0.3 is 0 Å². The molecule has 0 fully saturated rings. The second-order valence-electron chi connectivity index (χ2n) is 4.17. The number of benzene rings is 1. The molecule has 0 saturated heterocycles. The lowest BCUT2D eigenvalue weighted by Crippen LogP contribution is -2.10. The van der Waals surface area contributed by atoms with Crippen LogP contribution in [0.25, 0.3) is 11.3 Å². The van der Waals surface area contributed by atoms with E-state index in [0.29, 0.717) is 11.4 Å². The summed E-state index contributed by atoms with van der Waals surface area (Å²) in [6.45, 7) is 4.07. The predicted octanol–water partition coefficient (Wildman–Crippen LogP) is 2.52. The molecular formula is C14H14N4. The third-order valence-corrected chi connectivity index (χ3v) is 2.82. The molecule has 90 valence electrons.